The van der Waals surface area contributed by atoms with Gasteiger partial charge in [-0.1, -0.05) is 12.1 Å². The van der Waals surface area contributed by atoms with E-state index in [1.807, 2.05) is 0 Å². The summed E-state index contributed by atoms with van der Waals surface area (Å²) >= 11 is 2.09. The molecule has 0 radical (unpaired) electrons. The number of hydrogen-bond acceptors (Lipinski definition) is 4. The summed E-state index contributed by atoms with van der Waals surface area (Å²) in [4.78, 5) is 9.80. The zero-order valence-corrected chi connectivity index (χ0v) is 13.0. The van der Waals surface area contributed by atoms with Crippen LogP contribution in [0, 0.1) is 13.7 Å². The van der Waals surface area contributed by atoms with Crippen molar-refractivity contribution in [1.29, 1.82) is 0 Å². The Morgan fingerprint density at radius 1 is 1.05 bits per heavy atom. The number of para-hydroxylation sites is 1. The average Bonchev–Trinajstić information content (AvgIpc) is 2.41. The van der Waals surface area contributed by atoms with E-state index in [1.165, 1.54) is 18.2 Å². The maximum Gasteiger partial charge on any atom is 0.289 e. The standard InChI is InChI=1S/C12H9IN2O4S/c13-9-5-7-10(8-6-9)14-20(18,19)12-4-2-1-3-11(12)15(16)17/h1-8,14H. The van der Waals surface area contributed by atoms with Crippen molar-refractivity contribution in [1.82, 2.24) is 0 Å². The molecule has 0 saturated heterocycles. The average molecular weight is 404 g/mol. The van der Waals surface area contributed by atoms with Crippen molar-refractivity contribution in [3.8, 4) is 0 Å². The molecular weight excluding hydrogens is 395 g/mol. The number of nitrogens with one attached hydrogen (secondary N) is 1. The summed E-state index contributed by atoms with van der Waals surface area (Å²) in [6.45, 7) is 0. The smallest absolute Gasteiger partial charge is 0.279 e. The monoisotopic (exact) mass is 404 g/mol. The van der Waals surface area contributed by atoms with Gasteiger partial charge < -0.3 is 0 Å². The number of hydrogen-bond donors (Lipinski definition) is 1. The van der Waals surface area contributed by atoms with Gasteiger partial charge in [-0.05, 0) is 52.9 Å². The summed E-state index contributed by atoms with van der Waals surface area (Å²) in [5.74, 6) is 0. The summed E-state index contributed by atoms with van der Waals surface area (Å²) in [7, 11) is -4.00. The SMILES string of the molecule is O=[N+]([O-])c1ccccc1S(=O)(=O)Nc1ccc(I)cc1. The van der Waals surface area contributed by atoms with E-state index in [-0.39, 0.29) is 4.90 Å². The molecule has 0 aromatic heterocycles. The molecule has 0 aliphatic rings. The van der Waals surface area contributed by atoms with E-state index in [0.29, 0.717) is 5.69 Å². The molecule has 6 nitrogen and oxygen atoms in total. The second kappa shape index (κ2) is 5.75. The van der Waals surface area contributed by atoms with Gasteiger partial charge in [0, 0.05) is 15.3 Å². The molecule has 0 fully saturated rings. The van der Waals surface area contributed by atoms with Gasteiger partial charge in [-0.2, -0.15) is 0 Å². The molecule has 0 heterocycles. The Morgan fingerprint density at radius 2 is 1.65 bits per heavy atom. The second-order valence-corrected chi connectivity index (χ2v) is 6.73. The molecule has 20 heavy (non-hydrogen) atoms. The van der Waals surface area contributed by atoms with E-state index in [9.17, 15) is 18.5 Å². The molecule has 0 unspecified atom stereocenters. The minimum atomic E-state index is -4.00. The fourth-order valence-corrected chi connectivity index (χ4v) is 3.15. The van der Waals surface area contributed by atoms with Gasteiger partial charge in [-0.25, -0.2) is 8.42 Å². The van der Waals surface area contributed by atoms with Crippen molar-refractivity contribution in [2.45, 2.75) is 4.90 Å². The molecule has 2 aromatic rings. The molecule has 0 aliphatic carbocycles. The van der Waals surface area contributed by atoms with Gasteiger partial charge >= 0.3 is 0 Å². The number of rotatable bonds is 4. The van der Waals surface area contributed by atoms with E-state index in [4.69, 9.17) is 0 Å². The van der Waals surface area contributed by atoms with E-state index in [1.54, 1.807) is 24.3 Å². The van der Waals surface area contributed by atoms with Gasteiger partial charge in [0.2, 0.25) is 0 Å². The third-order valence-corrected chi connectivity index (χ3v) is 4.60. The van der Waals surface area contributed by atoms with E-state index >= 15 is 0 Å². The Balaban J connectivity index is 2.41. The fraction of sp³-hybridized carbons (Fsp3) is 0. The molecule has 0 atom stereocenters. The Kier molecular flexibility index (Phi) is 4.23. The number of benzene rings is 2. The van der Waals surface area contributed by atoms with Crippen molar-refractivity contribution < 1.29 is 13.3 Å². The van der Waals surface area contributed by atoms with Crippen molar-refractivity contribution in [2.75, 3.05) is 4.72 Å². The number of nitrogens with zero attached hydrogens (tertiary/aromatic N) is 1. The minimum Gasteiger partial charge on any atom is -0.279 e. The fourth-order valence-electron chi connectivity index (χ4n) is 1.56. The Hall–Kier alpha value is -1.68. The predicted molar refractivity (Wildman–Crippen MR) is 83.1 cm³/mol. The van der Waals surface area contributed by atoms with Crippen LogP contribution in [0.2, 0.25) is 0 Å². The molecule has 8 heteroatoms. The predicted octanol–water partition coefficient (Wildman–Crippen LogP) is 3.00. The Morgan fingerprint density at radius 3 is 2.25 bits per heavy atom. The van der Waals surface area contributed by atoms with E-state index in [2.05, 4.69) is 27.3 Å². The highest BCUT2D eigenvalue weighted by atomic mass is 127. The van der Waals surface area contributed by atoms with Gasteiger partial charge in [0.25, 0.3) is 15.7 Å². The summed E-state index contributed by atoms with van der Waals surface area (Å²) in [5, 5.41) is 10.9. The lowest BCUT2D eigenvalue weighted by Crippen LogP contribution is -2.14. The number of anilines is 1. The topological polar surface area (TPSA) is 89.3 Å². The van der Waals surface area contributed by atoms with Crippen LogP contribution in [-0.2, 0) is 10.0 Å². The van der Waals surface area contributed by atoms with Crippen LogP contribution in [0.3, 0.4) is 0 Å². The lowest BCUT2D eigenvalue weighted by atomic mass is 10.3. The number of nitro groups is 1. The molecule has 0 aliphatic heterocycles. The summed E-state index contributed by atoms with van der Waals surface area (Å²) < 4.78 is 27.7. The van der Waals surface area contributed by atoms with E-state index in [0.717, 1.165) is 9.64 Å². The van der Waals surface area contributed by atoms with Crippen molar-refractivity contribution in [3.63, 3.8) is 0 Å². The van der Waals surface area contributed by atoms with Crippen molar-refractivity contribution in [3.05, 3.63) is 62.2 Å². The first-order valence-electron chi connectivity index (χ1n) is 5.42. The van der Waals surface area contributed by atoms with Crippen LogP contribution in [0.1, 0.15) is 0 Å². The highest BCUT2D eigenvalue weighted by Crippen LogP contribution is 2.25. The lowest BCUT2D eigenvalue weighted by molar-refractivity contribution is -0.387. The number of halogens is 1. The first-order chi connectivity index (χ1) is 9.40. The zero-order valence-electron chi connectivity index (χ0n) is 9.99. The summed E-state index contributed by atoms with van der Waals surface area (Å²) in [6, 6.07) is 11.9. The first kappa shape index (κ1) is 14.7. The largest absolute Gasteiger partial charge is 0.289 e. The number of nitro benzene ring substituents is 1. The second-order valence-electron chi connectivity index (χ2n) is 3.84. The Bertz CT molecular complexity index is 744. The number of sulfonamides is 1. The normalized spacial score (nSPS) is 11.1. The molecule has 0 bridgehead atoms. The van der Waals surface area contributed by atoms with Gasteiger partial charge in [0.1, 0.15) is 0 Å². The zero-order chi connectivity index (χ0) is 14.8. The van der Waals surface area contributed by atoms with Crippen molar-refractivity contribution in [2.24, 2.45) is 0 Å². The molecular formula is C12H9IN2O4S. The van der Waals surface area contributed by atoms with Crippen LogP contribution in [0.4, 0.5) is 11.4 Å². The van der Waals surface area contributed by atoms with Crippen LogP contribution in [0.15, 0.2) is 53.4 Å². The third kappa shape index (κ3) is 3.25. The van der Waals surface area contributed by atoms with E-state index < -0.39 is 20.6 Å². The van der Waals surface area contributed by atoms with Gasteiger partial charge in [0.05, 0.1) is 4.92 Å². The molecule has 2 rings (SSSR count). The molecule has 104 valence electrons. The third-order valence-electron chi connectivity index (χ3n) is 2.45. The molecule has 0 spiro atoms. The highest BCUT2D eigenvalue weighted by Gasteiger charge is 2.24. The lowest BCUT2D eigenvalue weighted by Gasteiger charge is -2.08. The molecule has 0 saturated carbocycles. The van der Waals surface area contributed by atoms with Gasteiger partial charge in [0.15, 0.2) is 4.90 Å². The van der Waals surface area contributed by atoms with Gasteiger partial charge in [-0.3, -0.25) is 14.8 Å². The van der Waals surface area contributed by atoms with Crippen molar-refractivity contribution >= 4 is 44.0 Å². The maximum atomic E-state index is 12.2. The minimum absolute atomic E-state index is 0.351. The maximum absolute atomic E-state index is 12.2. The van der Waals surface area contributed by atoms with Crippen LogP contribution in [0.25, 0.3) is 0 Å². The summed E-state index contributed by atoms with van der Waals surface area (Å²) in [5.41, 5.74) is -0.103. The molecule has 0 amide bonds. The molecule has 2 aromatic carbocycles. The highest BCUT2D eigenvalue weighted by molar-refractivity contribution is 14.1. The first-order valence-corrected chi connectivity index (χ1v) is 7.98. The van der Waals surface area contributed by atoms with Crippen LogP contribution in [0.5, 0.6) is 0 Å². The summed E-state index contributed by atoms with van der Waals surface area (Å²) in [6.07, 6.45) is 0. The van der Waals surface area contributed by atoms with Crippen LogP contribution >= 0.6 is 22.6 Å². The Labute approximate surface area is 129 Å². The van der Waals surface area contributed by atoms with Crippen LogP contribution < -0.4 is 4.72 Å². The van der Waals surface area contributed by atoms with Crippen LogP contribution in [-0.4, -0.2) is 13.3 Å². The van der Waals surface area contributed by atoms with Gasteiger partial charge in [-0.15, -0.1) is 0 Å². The molecule has 1 N–H and O–H groups in total. The quantitative estimate of drug-likeness (QED) is 0.482.